The molecule has 0 aromatic carbocycles. The maximum atomic E-state index is 11.7. The molecule has 108 valence electrons. The average Bonchev–Trinajstić information content (AvgIpc) is 2.27. The number of terminal acetylenes is 1. The summed E-state index contributed by atoms with van der Waals surface area (Å²) in [6.07, 6.45) is 4.83. The van der Waals surface area contributed by atoms with Crippen LogP contribution in [0.5, 0.6) is 0 Å². The first kappa shape index (κ1) is 15.8. The number of nitrogens with zero attached hydrogens (tertiary/aromatic N) is 1. The summed E-state index contributed by atoms with van der Waals surface area (Å²) in [5.41, 5.74) is -0.493. The molecule has 1 N–H and O–H groups in total. The number of amides is 1. The van der Waals surface area contributed by atoms with E-state index in [4.69, 9.17) is 15.9 Å². The van der Waals surface area contributed by atoms with Crippen LogP contribution in [0.15, 0.2) is 0 Å². The van der Waals surface area contributed by atoms with Gasteiger partial charge in [-0.2, -0.15) is 0 Å². The highest BCUT2D eigenvalue weighted by molar-refractivity contribution is 5.68. The zero-order valence-electron chi connectivity index (χ0n) is 12.2. The average molecular weight is 268 g/mol. The predicted molar refractivity (Wildman–Crippen MR) is 73.8 cm³/mol. The summed E-state index contributed by atoms with van der Waals surface area (Å²) < 4.78 is 10.9. The lowest BCUT2D eigenvalue weighted by atomic mass is 10.1. The summed E-state index contributed by atoms with van der Waals surface area (Å²) >= 11 is 0. The lowest BCUT2D eigenvalue weighted by molar-refractivity contribution is -0.0409. The van der Waals surface area contributed by atoms with Crippen LogP contribution in [0.1, 0.15) is 27.7 Å². The minimum atomic E-state index is -0.493. The van der Waals surface area contributed by atoms with Gasteiger partial charge in [-0.05, 0) is 27.7 Å². The second-order valence-electron chi connectivity index (χ2n) is 5.78. The van der Waals surface area contributed by atoms with E-state index in [1.807, 2.05) is 27.7 Å². The normalized spacial score (nSPS) is 22.4. The summed E-state index contributed by atoms with van der Waals surface area (Å²) in [5, 5.41) is 2.80. The number of rotatable bonds is 3. The molecule has 1 saturated heterocycles. The molecular formula is C14H24N2O3. The molecule has 0 bridgehead atoms. The van der Waals surface area contributed by atoms with Crippen molar-refractivity contribution in [3.63, 3.8) is 0 Å². The van der Waals surface area contributed by atoms with Gasteiger partial charge in [-0.25, -0.2) is 4.79 Å². The molecule has 0 aromatic heterocycles. The van der Waals surface area contributed by atoms with Gasteiger partial charge in [-0.1, -0.05) is 5.92 Å². The van der Waals surface area contributed by atoms with Crippen molar-refractivity contribution in [1.29, 1.82) is 0 Å². The fraction of sp³-hybridized carbons (Fsp3) is 0.786. The van der Waals surface area contributed by atoms with Gasteiger partial charge in [-0.15, -0.1) is 6.42 Å². The second-order valence-corrected chi connectivity index (χ2v) is 5.78. The molecule has 0 saturated carbocycles. The van der Waals surface area contributed by atoms with Gasteiger partial charge in [0.15, 0.2) is 0 Å². The van der Waals surface area contributed by atoms with Crippen LogP contribution in [0.3, 0.4) is 0 Å². The summed E-state index contributed by atoms with van der Waals surface area (Å²) in [6, 6.07) is -0.115. The van der Waals surface area contributed by atoms with Crippen LogP contribution in [-0.2, 0) is 9.47 Å². The summed E-state index contributed by atoms with van der Waals surface area (Å²) in [5.74, 6) is 2.63. The third kappa shape index (κ3) is 5.95. The third-order valence-corrected chi connectivity index (χ3v) is 2.79. The minimum absolute atomic E-state index is 0.0605. The Hall–Kier alpha value is -1.25. The maximum absolute atomic E-state index is 11.7. The SMILES string of the molecule is C#CCN1CCO[C@H]([C@H](C)NC(=O)OC(C)(C)C)C1. The van der Waals surface area contributed by atoms with Crippen LogP contribution in [0.2, 0.25) is 0 Å². The van der Waals surface area contributed by atoms with E-state index in [-0.39, 0.29) is 12.1 Å². The molecule has 1 fully saturated rings. The largest absolute Gasteiger partial charge is 0.444 e. The van der Waals surface area contributed by atoms with Gasteiger partial charge in [0.25, 0.3) is 0 Å². The number of alkyl carbamates (subject to hydrolysis) is 1. The van der Waals surface area contributed by atoms with E-state index in [0.717, 1.165) is 13.1 Å². The predicted octanol–water partition coefficient (Wildman–Crippen LogP) is 1.23. The van der Waals surface area contributed by atoms with Gasteiger partial charge in [0.05, 0.1) is 25.3 Å². The number of nitrogens with one attached hydrogen (secondary N) is 1. The van der Waals surface area contributed by atoms with E-state index < -0.39 is 11.7 Å². The molecule has 1 rings (SSSR count). The Morgan fingerprint density at radius 1 is 1.63 bits per heavy atom. The highest BCUT2D eigenvalue weighted by Gasteiger charge is 2.27. The van der Waals surface area contributed by atoms with Crippen molar-refractivity contribution >= 4 is 6.09 Å². The van der Waals surface area contributed by atoms with E-state index in [1.165, 1.54) is 0 Å². The fourth-order valence-electron chi connectivity index (χ4n) is 1.89. The summed E-state index contributed by atoms with van der Waals surface area (Å²) in [7, 11) is 0. The Balaban J connectivity index is 2.42. The van der Waals surface area contributed by atoms with E-state index >= 15 is 0 Å². The fourth-order valence-corrected chi connectivity index (χ4v) is 1.89. The summed E-state index contributed by atoms with van der Waals surface area (Å²) in [4.78, 5) is 13.8. The number of morpholine rings is 1. The molecule has 0 spiro atoms. The molecule has 1 aliphatic heterocycles. The lowest BCUT2D eigenvalue weighted by Gasteiger charge is -2.35. The molecule has 0 unspecified atom stereocenters. The number of ether oxygens (including phenoxy) is 2. The highest BCUT2D eigenvalue weighted by Crippen LogP contribution is 2.11. The molecule has 0 aromatic rings. The molecule has 0 radical (unpaired) electrons. The molecule has 0 aliphatic carbocycles. The second kappa shape index (κ2) is 6.78. The first-order chi connectivity index (χ1) is 8.81. The molecule has 5 heteroatoms. The number of hydrogen-bond donors (Lipinski definition) is 1. The van der Waals surface area contributed by atoms with Crippen LogP contribution >= 0.6 is 0 Å². The number of carbonyl (C=O) groups excluding carboxylic acids is 1. The van der Waals surface area contributed by atoms with Crippen molar-refractivity contribution in [2.45, 2.75) is 45.4 Å². The topological polar surface area (TPSA) is 50.8 Å². The highest BCUT2D eigenvalue weighted by atomic mass is 16.6. The van der Waals surface area contributed by atoms with Crippen molar-refractivity contribution in [3.05, 3.63) is 0 Å². The van der Waals surface area contributed by atoms with Crippen molar-refractivity contribution < 1.29 is 14.3 Å². The van der Waals surface area contributed by atoms with Crippen molar-refractivity contribution in [3.8, 4) is 12.3 Å². The van der Waals surface area contributed by atoms with E-state index in [1.54, 1.807) is 0 Å². The van der Waals surface area contributed by atoms with Crippen LogP contribution in [0, 0.1) is 12.3 Å². The van der Waals surface area contributed by atoms with Gasteiger partial charge in [0.1, 0.15) is 5.60 Å². The van der Waals surface area contributed by atoms with Gasteiger partial charge in [0.2, 0.25) is 0 Å². The quantitative estimate of drug-likeness (QED) is 0.782. The molecule has 5 nitrogen and oxygen atoms in total. The minimum Gasteiger partial charge on any atom is -0.444 e. The molecule has 1 aliphatic rings. The third-order valence-electron chi connectivity index (χ3n) is 2.79. The van der Waals surface area contributed by atoms with Gasteiger partial charge >= 0.3 is 6.09 Å². The van der Waals surface area contributed by atoms with Gasteiger partial charge in [0, 0.05) is 13.1 Å². The smallest absolute Gasteiger partial charge is 0.407 e. The maximum Gasteiger partial charge on any atom is 0.407 e. The number of hydrogen-bond acceptors (Lipinski definition) is 4. The molecule has 2 atom stereocenters. The van der Waals surface area contributed by atoms with Crippen LogP contribution in [0.25, 0.3) is 0 Å². The molecule has 1 heterocycles. The molecule has 1 amide bonds. The van der Waals surface area contributed by atoms with Crippen LogP contribution in [-0.4, -0.2) is 55.0 Å². The zero-order chi connectivity index (χ0) is 14.5. The first-order valence-corrected chi connectivity index (χ1v) is 6.59. The Morgan fingerprint density at radius 3 is 2.89 bits per heavy atom. The summed E-state index contributed by atoms with van der Waals surface area (Å²) in [6.45, 7) is 10.2. The van der Waals surface area contributed by atoms with E-state index in [2.05, 4.69) is 16.1 Å². The first-order valence-electron chi connectivity index (χ1n) is 6.59. The Labute approximate surface area is 115 Å². The Bertz CT molecular complexity index is 344. The Morgan fingerprint density at radius 2 is 2.32 bits per heavy atom. The zero-order valence-corrected chi connectivity index (χ0v) is 12.2. The van der Waals surface area contributed by atoms with E-state index in [0.29, 0.717) is 13.2 Å². The standard InChI is InChI=1S/C14H24N2O3/c1-6-7-16-8-9-18-12(10-16)11(2)15-13(17)19-14(3,4)5/h1,11-12H,7-10H2,2-5H3,(H,15,17)/t11-,12-/m0/s1. The van der Waals surface area contributed by atoms with Crippen molar-refractivity contribution in [2.75, 3.05) is 26.2 Å². The number of carbonyl (C=O) groups is 1. The van der Waals surface area contributed by atoms with Crippen LogP contribution in [0.4, 0.5) is 4.79 Å². The monoisotopic (exact) mass is 268 g/mol. The van der Waals surface area contributed by atoms with E-state index in [9.17, 15) is 4.79 Å². The Kier molecular flexibility index (Phi) is 5.64. The molecule has 19 heavy (non-hydrogen) atoms. The molecular weight excluding hydrogens is 244 g/mol. The lowest BCUT2D eigenvalue weighted by Crippen LogP contribution is -2.52. The van der Waals surface area contributed by atoms with Crippen molar-refractivity contribution in [2.24, 2.45) is 0 Å². The van der Waals surface area contributed by atoms with Gasteiger partial charge in [-0.3, -0.25) is 4.90 Å². The van der Waals surface area contributed by atoms with Crippen molar-refractivity contribution in [1.82, 2.24) is 10.2 Å². The van der Waals surface area contributed by atoms with Gasteiger partial charge < -0.3 is 14.8 Å². The van der Waals surface area contributed by atoms with Crippen LogP contribution < -0.4 is 5.32 Å².